The molecular weight excluding hydrogens is 234 g/mol. The largest absolute Gasteiger partial charge is 0.476 e. The summed E-state index contributed by atoms with van der Waals surface area (Å²) in [6.45, 7) is 5.07. The minimum Gasteiger partial charge on any atom is -0.476 e. The molecule has 0 saturated heterocycles. The van der Waals surface area contributed by atoms with Crippen LogP contribution in [-0.2, 0) is 4.79 Å². The topological polar surface area (TPSA) is 102 Å². The van der Waals surface area contributed by atoms with E-state index in [0.29, 0.717) is 37.1 Å². The van der Waals surface area contributed by atoms with Crippen molar-refractivity contribution in [2.45, 2.75) is 20.3 Å². The fourth-order valence-electron chi connectivity index (χ4n) is 1.25. The maximum atomic E-state index is 10.7. The van der Waals surface area contributed by atoms with Crippen molar-refractivity contribution in [2.75, 3.05) is 30.7 Å². The highest BCUT2D eigenvalue weighted by molar-refractivity contribution is 5.72. The van der Waals surface area contributed by atoms with Crippen molar-refractivity contribution >= 4 is 17.4 Å². The average molecular weight is 253 g/mol. The van der Waals surface area contributed by atoms with E-state index >= 15 is 0 Å². The first-order valence-corrected chi connectivity index (χ1v) is 5.86. The lowest BCUT2D eigenvalue weighted by Crippen LogP contribution is -2.26. The summed E-state index contributed by atoms with van der Waals surface area (Å²) in [6, 6.07) is 0. The molecule has 0 fully saturated rings. The predicted octanol–water partition coefficient (Wildman–Crippen LogP) is 0.396. The van der Waals surface area contributed by atoms with Crippen molar-refractivity contribution in [3.8, 4) is 5.88 Å². The molecule has 18 heavy (non-hydrogen) atoms. The Morgan fingerprint density at radius 3 is 2.89 bits per heavy atom. The van der Waals surface area contributed by atoms with Crippen LogP contribution in [0, 0.1) is 0 Å². The van der Waals surface area contributed by atoms with Crippen molar-refractivity contribution < 1.29 is 9.53 Å². The van der Waals surface area contributed by atoms with Crippen LogP contribution in [0.3, 0.4) is 0 Å². The van der Waals surface area contributed by atoms with E-state index in [1.54, 1.807) is 0 Å². The number of carbonyl (C=O) groups is 1. The van der Waals surface area contributed by atoms with Crippen LogP contribution in [0.5, 0.6) is 5.88 Å². The normalized spacial score (nSPS) is 9.89. The standard InChI is InChI=1S/C11H19N5O2/c1-3-6-18-11-9(12)10(15-7-16-11)14-5-4-13-8(2)17/h7H,3-6,12H2,1-2H3,(H,13,17)(H,14,15,16). The zero-order valence-electron chi connectivity index (χ0n) is 10.7. The second-order valence-electron chi connectivity index (χ2n) is 3.70. The molecule has 0 radical (unpaired) electrons. The number of ether oxygens (including phenoxy) is 1. The second-order valence-corrected chi connectivity index (χ2v) is 3.70. The molecule has 1 heterocycles. The summed E-state index contributed by atoms with van der Waals surface area (Å²) in [7, 11) is 0. The third kappa shape index (κ3) is 4.44. The van der Waals surface area contributed by atoms with Gasteiger partial charge in [0, 0.05) is 20.0 Å². The molecule has 100 valence electrons. The van der Waals surface area contributed by atoms with Crippen molar-refractivity contribution in [2.24, 2.45) is 0 Å². The van der Waals surface area contributed by atoms with Crippen molar-refractivity contribution in [3.05, 3.63) is 6.33 Å². The van der Waals surface area contributed by atoms with Crippen molar-refractivity contribution in [1.82, 2.24) is 15.3 Å². The monoisotopic (exact) mass is 253 g/mol. The first-order valence-electron chi connectivity index (χ1n) is 5.86. The first-order chi connectivity index (χ1) is 8.65. The lowest BCUT2D eigenvalue weighted by atomic mass is 10.4. The van der Waals surface area contributed by atoms with Gasteiger partial charge in [-0.15, -0.1) is 0 Å². The van der Waals surface area contributed by atoms with Gasteiger partial charge >= 0.3 is 0 Å². The van der Waals surface area contributed by atoms with E-state index < -0.39 is 0 Å². The van der Waals surface area contributed by atoms with Crippen LogP contribution < -0.4 is 21.1 Å². The van der Waals surface area contributed by atoms with Gasteiger partial charge in [0.25, 0.3) is 0 Å². The van der Waals surface area contributed by atoms with E-state index in [0.717, 1.165) is 6.42 Å². The lowest BCUT2D eigenvalue weighted by Gasteiger charge is -2.11. The fraction of sp³-hybridized carbons (Fsp3) is 0.545. The van der Waals surface area contributed by atoms with Crippen LogP contribution in [0.1, 0.15) is 20.3 Å². The predicted molar refractivity (Wildman–Crippen MR) is 69.4 cm³/mol. The van der Waals surface area contributed by atoms with Crippen molar-refractivity contribution in [1.29, 1.82) is 0 Å². The van der Waals surface area contributed by atoms with Crippen LogP contribution in [0.25, 0.3) is 0 Å². The zero-order valence-corrected chi connectivity index (χ0v) is 10.7. The molecule has 4 N–H and O–H groups in total. The van der Waals surface area contributed by atoms with Crippen LogP contribution in [0.4, 0.5) is 11.5 Å². The van der Waals surface area contributed by atoms with Gasteiger partial charge in [0.1, 0.15) is 12.0 Å². The Kier molecular flexibility index (Phi) is 5.69. The minimum absolute atomic E-state index is 0.0700. The number of carbonyl (C=O) groups excluding carboxylic acids is 1. The Labute approximate surface area is 106 Å². The summed E-state index contributed by atoms with van der Waals surface area (Å²) < 4.78 is 5.39. The van der Waals surface area contributed by atoms with E-state index in [1.807, 2.05) is 6.92 Å². The van der Waals surface area contributed by atoms with Gasteiger partial charge < -0.3 is 21.1 Å². The summed E-state index contributed by atoms with van der Waals surface area (Å²) in [5.74, 6) is 0.828. The number of anilines is 2. The molecule has 0 unspecified atom stereocenters. The summed E-state index contributed by atoms with van der Waals surface area (Å²) in [6.07, 6.45) is 2.27. The number of rotatable bonds is 7. The van der Waals surface area contributed by atoms with Gasteiger partial charge in [0.15, 0.2) is 5.82 Å². The van der Waals surface area contributed by atoms with Gasteiger partial charge in [0.05, 0.1) is 6.61 Å². The molecule has 1 amide bonds. The van der Waals surface area contributed by atoms with E-state index in [-0.39, 0.29) is 5.91 Å². The third-order valence-electron chi connectivity index (χ3n) is 2.08. The summed E-state index contributed by atoms with van der Waals surface area (Å²) in [5, 5.41) is 5.68. The van der Waals surface area contributed by atoms with E-state index in [4.69, 9.17) is 10.5 Å². The number of hydrogen-bond donors (Lipinski definition) is 3. The average Bonchev–Trinajstić information content (AvgIpc) is 2.34. The Balaban J connectivity index is 2.52. The Morgan fingerprint density at radius 2 is 2.22 bits per heavy atom. The number of amides is 1. The van der Waals surface area contributed by atoms with Gasteiger partial charge in [-0.05, 0) is 6.42 Å². The first kappa shape index (κ1) is 14.0. The molecular formula is C11H19N5O2. The van der Waals surface area contributed by atoms with Gasteiger partial charge in [-0.3, -0.25) is 4.79 Å². The van der Waals surface area contributed by atoms with Crippen LogP contribution in [0.15, 0.2) is 6.33 Å². The molecule has 0 bridgehead atoms. The maximum Gasteiger partial charge on any atom is 0.242 e. The van der Waals surface area contributed by atoms with Crippen molar-refractivity contribution in [3.63, 3.8) is 0 Å². The van der Waals surface area contributed by atoms with Gasteiger partial charge in [-0.1, -0.05) is 6.92 Å². The molecule has 1 rings (SSSR count). The van der Waals surface area contributed by atoms with Crippen LogP contribution in [-0.4, -0.2) is 35.6 Å². The summed E-state index contributed by atoms with van der Waals surface area (Å²) >= 11 is 0. The summed E-state index contributed by atoms with van der Waals surface area (Å²) in [5.41, 5.74) is 6.25. The molecule has 0 spiro atoms. The number of nitrogen functional groups attached to an aromatic ring is 1. The Bertz CT molecular complexity index is 397. The quantitative estimate of drug-likeness (QED) is 0.608. The lowest BCUT2D eigenvalue weighted by molar-refractivity contribution is -0.118. The highest BCUT2D eigenvalue weighted by atomic mass is 16.5. The molecule has 0 atom stereocenters. The number of nitrogens with one attached hydrogen (secondary N) is 2. The molecule has 7 nitrogen and oxygen atoms in total. The maximum absolute atomic E-state index is 10.7. The van der Waals surface area contributed by atoms with E-state index in [1.165, 1.54) is 13.3 Å². The van der Waals surface area contributed by atoms with Gasteiger partial charge in [-0.25, -0.2) is 4.98 Å². The fourth-order valence-corrected chi connectivity index (χ4v) is 1.25. The summed E-state index contributed by atoms with van der Waals surface area (Å²) in [4.78, 5) is 18.7. The second kappa shape index (κ2) is 7.31. The van der Waals surface area contributed by atoms with Crippen LogP contribution >= 0.6 is 0 Å². The Morgan fingerprint density at radius 1 is 1.44 bits per heavy atom. The number of aromatic nitrogens is 2. The van der Waals surface area contributed by atoms with E-state index in [2.05, 4.69) is 20.6 Å². The molecule has 0 aromatic carbocycles. The molecule has 0 aliphatic carbocycles. The molecule has 1 aromatic rings. The molecule has 0 aliphatic rings. The van der Waals surface area contributed by atoms with Crippen LogP contribution in [0.2, 0.25) is 0 Å². The zero-order chi connectivity index (χ0) is 13.4. The minimum atomic E-state index is -0.0700. The molecule has 1 aromatic heterocycles. The van der Waals surface area contributed by atoms with Gasteiger partial charge in [0.2, 0.25) is 11.8 Å². The third-order valence-corrected chi connectivity index (χ3v) is 2.08. The highest BCUT2D eigenvalue weighted by Gasteiger charge is 2.08. The molecule has 7 heteroatoms. The number of hydrogen-bond acceptors (Lipinski definition) is 6. The number of nitrogens with zero attached hydrogens (tertiary/aromatic N) is 2. The SMILES string of the molecule is CCCOc1ncnc(NCCNC(C)=O)c1N. The Hall–Kier alpha value is -2.05. The van der Waals surface area contributed by atoms with Gasteiger partial charge in [-0.2, -0.15) is 4.98 Å². The molecule has 0 saturated carbocycles. The number of nitrogens with two attached hydrogens (primary N) is 1. The van der Waals surface area contributed by atoms with E-state index in [9.17, 15) is 4.79 Å². The smallest absolute Gasteiger partial charge is 0.242 e. The molecule has 0 aliphatic heterocycles. The highest BCUT2D eigenvalue weighted by Crippen LogP contribution is 2.24.